The van der Waals surface area contributed by atoms with E-state index < -0.39 is 5.60 Å². The Bertz CT molecular complexity index is 738. The molecule has 0 amide bonds. The quantitative estimate of drug-likeness (QED) is 0.754. The zero-order chi connectivity index (χ0) is 19.3. The van der Waals surface area contributed by atoms with Crippen molar-refractivity contribution >= 4 is 5.69 Å². The lowest BCUT2D eigenvalue weighted by atomic mass is 9.77. The summed E-state index contributed by atoms with van der Waals surface area (Å²) in [5, 5.41) is 14.9. The van der Waals surface area contributed by atoms with Crippen LogP contribution in [0.2, 0.25) is 0 Å². The van der Waals surface area contributed by atoms with E-state index in [-0.39, 0.29) is 0 Å². The van der Waals surface area contributed by atoms with Gasteiger partial charge in [-0.3, -0.25) is 0 Å². The average molecular weight is 369 g/mol. The molecule has 0 atom stereocenters. The number of aliphatic hydroxyl groups is 1. The van der Waals surface area contributed by atoms with Crippen LogP contribution in [0.1, 0.15) is 48.8 Å². The molecule has 1 aliphatic rings. The Hall–Kier alpha value is -2.04. The Morgan fingerprint density at radius 3 is 2.37 bits per heavy atom. The molecule has 0 radical (unpaired) electrons. The number of rotatable bonds is 7. The Balaban J connectivity index is 1.95. The molecular weight excluding hydrogens is 336 g/mol. The third-order valence-corrected chi connectivity index (χ3v) is 5.45. The minimum atomic E-state index is -0.741. The SMILES string of the molecule is COc1c(NCc2ccccc2)ccc(C2(O)CCCCC2)c1CN(C)C. The fraction of sp³-hybridized carbons (Fsp3) is 0.478. The van der Waals surface area contributed by atoms with Crippen LogP contribution < -0.4 is 10.1 Å². The summed E-state index contributed by atoms with van der Waals surface area (Å²) < 4.78 is 5.84. The lowest BCUT2D eigenvalue weighted by molar-refractivity contribution is -0.00198. The van der Waals surface area contributed by atoms with Gasteiger partial charge in [-0.2, -0.15) is 0 Å². The van der Waals surface area contributed by atoms with Gasteiger partial charge in [-0.1, -0.05) is 55.7 Å². The first-order chi connectivity index (χ1) is 13.0. The van der Waals surface area contributed by atoms with E-state index in [2.05, 4.69) is 48.6 Å². The highest BCUT2D eigenvalue weighted by atomic mass is 16.5. The van der Waals surface area contributed by atoms with Gasteiger partial charge in [0.1, 0.15) is 5.75 Å². The van der Waals surface area contributed by atoms with Crippen molar-refractivity contribution in [1.82, 2.24) is 4.90 Å². The maximum atomic E-state index is 11.4. The van der Waals surface area contributed by atoms with Crippen LogP contribution in [0.25, 0.3) is 0 Å². The monoisotopic (exact) mass is 368 g/mol. The molecule has 1 saturated carbocycles. The van der Waals surface area contributed by atoms with Crippen molar-refractivity contribution in [2.45, 2.75) is 50.8 Å². The second kappa shape index (κ2) is 8.77. The van der Waals surface area contributed by atoms with E-state index in [4.69, 9.17) is 4.74 Å². The summed E-state index contributed by atoms with van der Waals surface area (Å²) >= 11 is 0. The number of nitrogens with one attached hydrogen (secondary N) is 1. The number of hydrogen-bond donors (Lipinski definition) is 2. The molecule has 2 aromatic rings. The molecule has 0 aromatic heterocycles. The minimum absolute atomic E-state index is 0.738. The summed E-state index contributed by atoms with van der Waals surface area (Å²) in [4.78, 5) is 2.13. The van der Waals surface area contributed by atoms with Crippen molar-refractivity contribution in [3.05, 3.63) is 59.2 Å². The van der Waals surface area contributed by atoms with Crippen molar-refractivity contribution in [2.24, 2.45) is 0 Å². The van der Waals surface area contributed by atoms with Crippen molar-refractivity contribution in [2.75, 3.05) is 26.5 Å². The predicted octanol–water partition coefficient (Wildman–Crippen LogP) is 4.52. The molecule has 0 aliphatic heterocycles. The van der Waals surface area contributed by atoms with Gasteiger partial charge in [-0.05, 0) is 44.1 Å². The molecule has 146 valence electrons. The first-order valence-corrected chi connectivity index (χ1v) is 9.89. The molecule has 0 heterocycles. The third-order valence-electron chi connectivity index (χ3n) is 5.45. The number of ether oxygens (including phenoxy) is 1. The van der Waals surface area contributed by atoms with Crippen LogP contribution in [0.3, 0.4) is 0 Å². The van der Waals surface area contributed by atoms with Crippen LogP contribution in [-0.2, 0) is 18.7 Å². The van der Waals surface area contributed by atoms with Gasteiger partial charge in [0, 0.05) is 18.7 Å². The Kier molecular flexibility index (Phi) is 6.40. The highest BCUT2D eigenvalue weighted by Crippen LogP contribution is 2.43. The molecular formula is C23H32N2O2. The summed E-state index contributed by atoms with van der Waals surface area (Å²) in [7, 11) is 5.83. The fourth-order valence-corrected chi connectivity index (χ4v) is 4.11. The van der Waals surface area contributed by atoms with Gasteiger partial charge < -0.3 is 20.1 Å². The minimum Gasteiger partial charge on any atom is -0.494 e. The summed E-state index contributed by atoms with van der Waals surface area (Å²) in [6.45, 7) is 1.48. The molecule has 1 aliphatic carbocycles. The summed E-state index contributed by atoms with van der Waals surface area (Å²) in [6.07, 6.45) is 5.02. The first kappa shape index (κ1) is 19.7. The van der Waals surface area contributed by atoms with Crippen molar-refractivity contribution < 1.29 is 9.84 Å². The van der Waals surface area contributed by atoms with E-state index in [1.54, 1.807) is 7.11 Å². The van der Waals surface area contributed by atoms with Crippen LogP contribution in [0.4, 0.5) is 5.69 Å². The fourth-order valence-electron chi connectivity index (χ4n) is 4.11. The molecule has 0 spiro atoms. The molecule has 3 rings (SSSR count). The first-order valence-electron chi connectivity index (χ1n) is 9.89. The molecule has 1 fully saturated rings. The second-order valence-electron chi connectivity index (χ2n) is 7.84. The van der Waals surface area contributed by atoms with Crippen LogP contribution in [0.15, 0.2) is 42.5 Å². The standard InChI is InChI=1S/C23H32N2O2/c1-25(2)17-19-20(23(26)14-8-5-9-15-23)12-13-21(22(19)27-3)24-16-18-10-6-4-7-11-18/h4,6-7,10-13,24,26H,5,8-9,14-17H2,1-3H3. The van der Waals surface area contributed by atoms with Crippen molar-refractivity contribution in [3.8, 4) is 5.75 Å². The zero-order valence-electron chi connectivity index (χ0n) is 16.8. The van der Waals surface area contributed by atoms with Gasteiger partial charge in [0.2, 0.25) is 0 Å². The lowest BCUT2D eigenvalue weighted by Crippen LogP contribution is -2.31. The maximum absolute atomic E-state index is 11.4. The molecule has 27 heavy (non-hydrogen) atoms. The Labute approximate surface area is 163 Å². The van der Waals surface area contributed by atoms with Gasteiger partial charge in [0.25, 0.3) is 0 Å². The van der Waals surface area contributed by atoms with E-state index >= 15 is 0 Å². The Morgan fingerprint density at radius 1 is 1.04 bits per heavy atom. The van der Waals surface area contributed by atoms with E-state index in [0.29, 0.717) is 0 Å². The topological polar surface area (TPSA) is 44.7 Å². The van der Waals surface area contributed by atoms with Crippen LogP contribution in [0.5, 0.6) is 5.75 Å². The molecule has 4 heteroatoms. The van der Waals surface area contributed by atoms with E-state index in [9.17, 15) is 5.11 Å². The second-order valence-corrected chi connectivity index (χ2v) is 7.84. The van der Waals surface area contributed by atoms with Gasteiger partial charge in [-0.25, -0.2) is 0 Å². The van der Waals surface area contributed by atoms with Gasteiger partial charge >= 0.3 is 0 Å². The smallest absolute Gasteiger partial charge is 0.146 e. The van der Waals surface area contributed by atoms with Gasteiger partial charge in [-0.15, -0.1) is 0 Å². The van der Waals surface area contributed by atoms with E-state index in [1.807, 2.05) is 18.2 Å². The zero-order valence-corrected chi connectivity index (χ0v) is 16.8. The third kappa shape index (κ3) is 4.63. The number of hydrogen-bond acceptors (Lipinski definition) is 4. The highest BCUT2D eigenvalue weighted by Gasteiger charge is 2.34. The number of benzene rings is 2. The number of anilines is 1. The molecule has 0 saturated heterocycles. The molecule has 4 nitrogen and oxygen atoms in total. The van der Waals surface area contributed by atoms with Crippen LogP contribution in [0, 0.1) is 0 Å². The molecule has 0 unspecified atom stereocenters. The summed E-state index contributed by atoms with van der Waals surface area (Å²) in [5.41, 5.74) is 3.57. The number of nitrogens with zero attached hydrogens (tertiary/aromatic N) is 1. The number of methoxy groups -OCH3 is 1. The lowest BCUT2D eigenvalue weighted by Gasteiger charge is -2.35. The normalized spacial score (nSPS) is 16.3. The largest absolute Gasteiger partial charge is 0.494 e. The van der Waals surface area contributed by atoms with Crippen molar-refractivity contribution in [3.63, 3.8) is 0 Å². The summed E-state index contributed by atoms with van der Waals surface area (Å²) in [6, 6.07) is 14.5. The maximum Gasteiger partial charge on any atom is 0.146 e. The summed E-state index contributed by atoms with van der Waals surface area (Å²) in [5.74, 6) is 0.844. The predicted molar refractivity (Wildman–Crippen MR) is 111 cm³/mol. The van der Waals surface area contributed by atoms with Crippen molar-refractivity contribution in [1.29, 1.82) is 0 Å². The van der Waals surface area contributed by atoms with Gasteiger partial charge in [0.15, 0.2) is 0 Å². The molecule has 2 aromatic carbocycles. The van der Waals surface area contributed by atoms with Crippen LogP contribution >= 0.6 is 0 Å². The highest BCUT2D eigenvalue weighted by molar-refractivity contribution is 5.63. The molecule has 2 N–H and O–H groups in total. The van der Waals surface area contributed by atoms with Gasteiger partial charge in [0.05, 0.1) is 18.4 Å². The van der Waals surface area contributed by atoms with E-state index in [0.717, 1.165) is 61.3 Å². The molecule has 0 bridgehead atoms. The Morgan fingerprint density at radius 2 is 1.74 bits per heavy atom. The van der Waals surface area contributed by atoms with Crippen LogP contribution in [-0.4, -0.2) is 31.2 Å². The average Bonchev–Trinajstić information content (AvgIpc) is 2.67. The van der Waals surface area contributed by atoms with E-state index in [1.165, 1.54) is 12.0 Å².